The SMILES string of the molecule is C[C@H](O)[C@H](N)c1noc([C@H](CCC(N)O)NC(=O)NCC(=O)O)n1. The van der Waals surface area contributed by atoms with Crippen LogP contribution in [0.4, 0.5) is 4.79 Å². The molecule has 0 aliphatic carbocycles. The highest BCUT2D eigenvalue weighted by Crippen LogP contribution is 2.19. The molecule has 0 radical (unpaired) electrons. The number of nitrogens with one attached hydrogen (secondary N) is 2. The maximum absolute atomic E-state index is 11.7. The fraction of sp³-hybridized carbons (Fsp3) is 0.667. The van der Waals surface area contributed by atoms with Crippen LogP contribution >= 0.6 is 0 Å². The molecule has 2 amide bonds. The first-order chi connectivity index (χ1) is 11.2. The largest absolute Gasteiger partial charge is 0.480 e. The number of amides is 2. The van der Waals surface area contributed by atoms with Gasteiger partial charge in [-0.2, -0.15) is 4.98 Å². The van der Waals surface area contributed by atoms with Crippen molar-refractivity contribution in [2.45, 2.75) is 44.2 Å². The fourth-order valence-corrected chi connectivity index (χ4v) is 1.70. The number of carboxylic acids is 1. The zero-order valence-corrected chi connectivity index (χ0v) is 13.0. The molecular weight excluding hydrogens is 324 g/mol. The summed E-state index contributed by atoms with van der Waals surface area (Å²) in [5, 5.41) is 35.3. The molecule has 1 rings (SSSR count). The van der Waals surface area contributed by atoms with Crippen molar-refractivity contribution >= 4 is 12.0 Å². The van der Waals surface area contributed by atoms with Gasteiger partial charge in [-0.1, -0.05) is 5.16 Å². The lowest BCUT2D eigenvalue weighted by Gasteiger charge is -2.16. The first-order valence-corrected chi connectivity index (χ1v) is 7.17. The van der Waals surface area contributed by atoms with E-state index in [-0.39, 0.29) is 24.6 Å². The Kier molecular flexibility index (Phi) is 7.51. The van der Waals surface area contributed by atoms with Crippen LogP contribution in [0.5, 0.6) is 0 Å². The van der Waals surface area contributed by atoms with E-state index >= 15 is 0 Å². The molecule has 1 aromatic rings. The Morgan fingerprint density at radius 1 is 1.29 bits per heavy atom. The van der Waals surface area contributed by atoms with E-state index in [1.165, 1.54) is 6.92 Å². The lowest BCUT2D eigenvalue weighted by molar-refractivity contribution is -0.135. The van der Waals surface area contributed by atoms with Crippen LogP contribution in [0.2, 0.25) is 0 Å². The second-order valence-electron chi connectivity index (χ2n) is 5.18. The lowest BCUT2D eigenvalue weighted by atomic mass is 10.1. The average molecular weight is 346 g/mol. The van der Waals surface area contributed by atoms with Crippen molar-refractivity contribution in [3.8, 4) is 0 Å². The molecule has 12 heteroatoms. The normalized spacial score (nSPS) is 16.0. The third-order valence-electron chi connectivity index (χ3n) is 3.03. The van der Waals surface area contributed by atoms with E-state index in [0.29, 0.717) is 0 Å². The number of aliphatic carboxylic acids is 1. The summed E-state index contributed by atoms with van der Waals surface area (Å²) in [5.41, 5.74) is 11.0. The number of carbonyl (C=O) groups is 2. The van der Waals surface area contributed by atoms with Gasteiger partial charge in [-0.05, 0) is 19.8 Å². The number of aliphatic hydroxyl groups excluding tert-OH is 2. The number of carbonyl (C=O) groups excluding carboxylic acids is 1. The van der Waals surface area contributed by atoms with Crippen molar-refractivity contribution in [3.05, 3.63) is 11.7 Å². The molecule has 0 fully saturated rings. The first kappa shape index (κ1) is 19.8. The van der Waals surface area contributed by atoms with Crippen LogP contribution < -0.4 is 22.1 Å². The average Bonchev–Trinajstić information content (AvgIpc) is 2.97. The monoisotopic (exact) mass is 346 g/mol. The van der Waals surface area contributed by atoms with Gasteiger partial charge in [-0.3, -0.25) is 4.79 Å². The van der Waals surface area contributed by atoms with Crippen LogP contribution in [0.3, 0.4) is 0 Å². The van der Waals surface area contributed by atoms with E-state index < -0.39 is 43.0 Å². The predicted octanol–water partition coefficient (Wildman–Crippen LogP) is -2.07. The van der Waals surface area contributed by atoms with E-state index in [0.717, 1.165) is 0 Å². The zero-order chi connectivity index (χ0) is 18.3. The molecule has 0 aliphatic heterocycles. The quantitative estimate of drug-likeness (QED) is 0.243. The minimum Gasteiger partial charge on any atom is -0.480 e. The zero-order valence-electron chi connectivity index (χ0n) is 13.0. The number of hydrogen-bond donors (Lipinski definition) is 7. The number of aromatic nitrogens is 2. The number of hydrogen-bond acceptors (Lipinski definition) is 9. The maximum atomic E-state index is 11.7. The molecule has 0 aromatic carbocycles. The summed E-state index contributed by atoms with van der Waals surface area (Å²) in [6, 6.07) is -2.46. The second kappa shape index (κ2) is 9.12. The molecule has 24 heavy (non-hydrogen) atoms. The number of carboxylic acid groups (broad SMARTS) is 1. The van der Waals surface area contributed by atoms with Crippen LogP contribution in [-0.2, 0) is 4.79 Å². The molecule has 1 aromatic heterocycles. The number of urea groups is 1. The van der Waals surface area contributed by atoms with Crippen molar-refractivity contribution < 1.29 is 29.4 Å². The molecule has 0 bridgehead atoms. The van der Waals surface area contributed by atoms with Gasteiger partial charge in [0.25, 0.3) is 0 Å². The second-order valence-corrected chi connectivity index (χ2v) is 5.18. The van der Waals surface area contributed by atoms with E-state index in [1.54, 1.807) is 0 Å². The van der Waals surface area contributed by atoms with Crippen LogP contribution in [0.25, 0.3) is 0 Å². The summed E-state index contributed by atoms with van der Waals surface area (Å²) in [6.07, 6.45) is -1.75. The van der Waals surface area contributed by atoms with E-state index in [4.69, 9.17) is 21.1 Å². The van der Waals surface area contributed by atoms with Gasteiger partial charge in [0.15, 0.2) is 5.82 Å². The fourth-order valence-electron chi connectivity index (χ4n) is 1.70. The van der Waals surface area contributed by atoms with E-state index in [2.05, 4.69) is 20.8 Å². The Bertz CT molecular complexity index is 548. The van der Waals surface area contributed by atoms with Crippen LogP contribution in [-0.4, -0.2) is 56.3 Å². The lowest BCUT2D eigenvalue weighted by Crippen LogP contribution is -2.40. The maximum Gasteiger partial charge on any atom is 0.323 e. The first-order valence-electron chi connectivity index (χ1n) is 7.17. The van der Waals surface area contributed by atoms with Crippen molar-refractivity contribution in [1.29, 1.82) is 0 Å². The minimum absolute atomic E-state index is 0.00720. The van der Waals surface area contributed by atoms with Crippen molar-refractivity contribution in [3.63, 3.8) is 0 Å². The minimum atomic E-state index is -1.21. The summed E-state index contributed by atoms with van der Waals surface area (Å²) in [6.45, 7) is 0.889. The summed E-state index contributed by atoms with van der Waals surface area (Å²) in [5.74, 6) is -1.17. The number of rotatable bonds is 9. The summed E-state index contributed by atoms with van der Waals surface area (Å²) in [7, 11) is 0. The number of nitrogens with two attached hydrogens (primary N) is 2. The van der Waals surface area contributed by atoms with Crippen LogP contribution in [0.1, 0.15) is 43.6 Å². The third kappa shape index (κ3) is 6.45. The standard InChI is InChI=1S/C12H22N6O6/c1-5(19)9(14)10-17-11(24-18-10)6(2-3-7(13)20)16-12(23)15-4-8(21)22/h5-7,9,19-20H,2-4,13-14H2,1H3,(H,21,22)(H2,15,16,23)/t5-,6-,7?,9-/m0/s1. The Balaban J connectivity index is 2.81. The van der Waals surface area contributed by atoms with Crippen molar-refractivity contribution in [2.24, 2.45) is 11.5 Å². The van der Waals surface area contributed by atoms with E-state index in [9.17, 15) is 19.8 Å². The molecule has 0 saturated carbocycles. The highest BCUT2D eigenvalue weighted by Gasteiger charge is 2.25. The van der Waals surface area contributed by atoms with Gasteiger partial charge in [0, 0.05) is 0 Å². The molecule has 1 unspecified atom stereocenters. The van der Waals surface area contributed by atoms with Gasteiger partial charge < -0.3 is 41.9 Å². The van der Waals surface area contributed by atoms with Crippen LogP contribution in [0, 0.1) is 0 Å². The molecule has 9 N–H and O–H groups in total. The topological polar surface area (TPSA) is 210 Å². The van der Waals surface area contributed by atoms with Crippen LogP contribution in [0.15, 0.2) is 4.52 Å². The number of aliphatic hydroxyl groups is 2. The highest BCUT2D eigenvalue weighted by atomic mass is 16.5. The molecule has 136 valence electrons. The summed E-state index contributed by atoms with van der Waals surface area (Å²) >= 11 is 0. The van der Waals surface area contributed by atoms with Gasteiger partial charge >= 0.3 is 12.0 Å². The van der Waals surface area contributed by atoms with Crippen molar-refractivity contribution in [2.75, 3.05) is 6.54 Å². The smallest absolute Gasteiger partial charge is 0.323 e. The molecular formula is C12H22N6O6. The Labute approximate surface area is 137 Å². The number of nitrogens with zero attached hydrogens (tertiary/aromatic N) is 2. The highest BCUT2D eigenvalue weighted by molar-refractivity contribution is 5.79. The Hall–Kier alpha value is -2.28. The van der Waals surface area contributed by atoms with Gasteiger partial charge in [-0.15, -0.1) is 0 Å². The molecule has 4 atom stereocenters. The van der Waals surface area contributed by atoms with Gasteiger partial charge in [0.05, 0.1) is 12.1 Å². The summed E-state index contributed by atoms with van der Waals surface area (Å²) in [4.78, 5) is 26.2. The Morgan fingerprint density at radius 2 is 1.96 bits per heavy atom. The molecule has 0 spiro atoms. The third-order valence-corrected chi connectivity index (χ3v) is 3.03. The summed E-state index contributed by atoms with van der Waals surface area (Å²) < 4.78 is 5.02. The molecule has 12 nitrogen and oxygen atoms in total. The van der Waals surface area contributed by atoms with Gasteiger partial charge in [-0.25, -0.2) is 4.79 Å². The van der Waals surface area contributed by atoms with Gasteiger partial charge in [0.1, 0.15) is 18.8 Å². The predicted molar refractivity (Wildman–Crippen MR) is 79.2 cm³/mol. The molecule has 0 saturated heterocycles. The Morgan fingerprint density at radius 3 is 2.50 bits per heavy atom. The molecule has 0 aliphatic rings. The van der Waals surface area contributed by atoms with Gasteiger partial charge in [0.2, 0.25) is 5.89 Å². The molecule has 1 heterocycles. The van der Waals surface area contributed by atoms with E-state index in [1.807, 2.05) is 0 Å². The van der Waals surface area contributed by atoms with Crippen molar-refractivity contribution in [1.82, 2.24) is 20.8 Å².